The average molecular weight is 335 g/mol. The smallest absolute Gasteiger partial charge is 0.274 e. The van der Waals surface area contributed by atoms with Gasteiger partial charge in [-0.05, 0) is 49.4 Å². The fourth-order valence-electron chi connectivity index (χ4n) is 2.91. The van der Waals surface area contributed by atoms with Crippen molar-refractivity contribution in [3.63, 3.8) is 0 Å². The Balaban J connectivity index is 1.68. The predicted molar refractivity (Wildman–Crippen MR) is 90.4 cm³/mol. The van der Waals surface area contributed by atoms with E-state index in [0.717, 1.165) is 36.1 Å². The third kappa shape index (κ3) is 3.60. The Morgan fingerprint density at radius 3 is 2.70 bits per heavy atom. The number of hydrogen-bond donors (Lipinski definition) is 2. The molecule has 7 nitrogen and oxygen atoms in total. The Labute approximate surface area is 136 Å². The lowest BCUT2D eigenvalue weighted by atomic mass is 9.95. The summed E-state index contributed by atoms with van der Waals surface area (Å²) in [6.45, 7) is 6.32. The lowest BCUT2D eigenvalue weighted by Gasteiger charge is -2.41. The molecule has 23 heavy (non-hydrogen) atoms. The van der Waals surface area contributed by atoms with E-state index in [2.05, 4.69) is 45.8 Å². The Morgan fingerprint density at radius 2 is 2.00 bits per heavy atom. The van der Waals surface area contributed by atoms with Gasteiger partial charge in [0.05, 0.1) is 17.4 Å². The number of aryl methyl sites for hydroxylation is 2. The van der Waals surface area contributed by atoms with Crippen molar-refractivity contribution in [2.24, 2.45) is 11.1 Å². The van der Waals surface area contributed by atoms with Crippen LogP contribution in [0.4, 0.5) is 5.69 Å². The third-order valence-electron chi connectivity index (χ3n) is 4.39. The fraction of sp³-hybridized carbons (Fsp3) is 0.467. The molecule has 3 N–H and O–H groups in total. The van der Waals surface area contributed by atoms with Gasteiger partial charge in [0.25, 0.3) is 10.2 Å². The summed E-state index contributed by atoms with van der Waals surface area (Å²) in [6.07, 6.45) is 2.58. The first-order chi connectivity index (χ1) is 10.8. The normalized spacial score (nSPS) is 15.9. The Bertz CT molecular complexity index is 831. The quantitative estimate of drug-likeness (QED) is 0.844. The van der Waals surface area contributed by atoms with E-state index in [4.69, 9.17) is 5.14 Å². The van der Waals surface area contributed by atoms with Gasteiger partial charge in [-0.15, -0.1) is 0 Å². The summed E-state index contributed by atoms with van der Waals surface area (Å²) in [5.41, 5.74) is 4.44. The van der Waals surface area contributed by atoms with Crippen LogP contribution in [0.3, 0.4) is 0 Å². The molecule has 124 valence electrons. The van der Waals surface area contributed by atoms with Crippen LogP contribution in [0.1, 0.15) is 17.5 Å². The van der Waals surface area contributed by atoms with Crippen LogP contribution in [-0.4, -0.2) is 38.2 Å². The van der Waals surface area contributed by atoms with Crippen LogP contribution >= 0.6 is 0 Å². The molecule has 2 heterocycles. The van der Waals surface area contributed by atoms with Crippen molar-refractivity contribution in [2.45, 2.75) is 20.3 Å². The maximum absolute atomic E-state index is 10.9. The highest BCUT2D eigenvalue weighted by atomic mass is 32.2. The first-order valence-corrected chi connectivity index (χ1v) is 9.13. The van der Waals surface area contributed by atoms with E-state index in [9.17, 15) is 8.42 Å². The molecule has 1 aromatic heterocycles. The number of nitrogens with two attached hydrogens (primary N) is 1. The first kappa shape index (κ1) is 16.1. The molecule has 0 atom stereocenters. The standard InChI is InChI=1S/C15H21N5O2S/c1-10-5-13-14(6-11(10)2)19-17-7-15(13)20-8-12(9-20)3-4-18-23(16,21)22/h5-7,12,18H,3-4,8-9H2,1-2H3,(H2,16,21,22). The molecular weight excluding hydrogens is 314 g/mol. The van der Waals surface area contributed by atoms with Crippen LogP contribution in [0.5, 0.6) is 0 Å². The van der Waals surface area contributed by atoms with Crippen LogP contribution < -0.4 is 14.8 Å². The van der Waals surface area contributed by atoms with Gasteiger partial charge in [-0.25, -0.2) is 9.86 Å². The molecule has 0 bridgehead atoms. The van der Waals surface area contributed by atoms with Crippen LogP contribution in [0, 0.1) is 19.8 Å². The number of benzene rings is 1. The second kappa shape index (κ2) is 6.03. The molecule has 1 aliphatic rings. The minimum absolute atomic E-state index is 0.380. The molecule has 0 radical (unpaired) electrons. The number of rotatable bonds is 5. The second-order valence-corrected chi connectivity index (χ2v) is 7.56. The third-order valence-corrected chi connectivity index (χ3v) is 4.99. The summed E-state index contributed by atoms with van der Waals surface area (Å²) < 4.78 is 24.0. The van der Waals surface area contributed by atoms with Gasteiger partial charge in [-0.2, -0.15) is 18.6 Å². The molecule has 3 rings (SSSR count). The van der Waals surface area contributed by atoms with Crippen molar-refractivity contribution in [1.82, 2.24) is 14.9 Å². The second-order valence-electron chi connectivity index (χ2n) is 6.18. The van der Waals surface area contributed by atoms with Gasteiger partial charge in [-0.3, -0.25) is 0 Å². The van der Waals surface area contributed by atoms with E-state index in [0.29, 0.717) is 12.5 Å². The van der Waals surface area contributed by atoms with Crippen LogP contribution in [0.2, 0.25) is 0 Å². The lowest BCUT2D eigenvalue weighted by molar-refractivity contribution is 0.384. The van der Waals surface area contributed by atoms with E-state index in [1.807, 2.05) is 0 Å². The van der Waals surface area contributed by atoms with Gasteiger partial charge in [0, 0.05) is 25.0 Å². The van der Waals surface area contributed by atoms with Gasteiger partial charge in [-0.1, -0.05) is 0 Å². The van der Waals surface area contributed by atoms with Gasteiger partial charge >= 0.3 is 0 Å². The molecule has 0 saturated carbocycles. The minimum atomic E-state index is -3.59. The van der Waals surface area contributed by atoms with E-state index in [-0.39, 0.29) is 0 Å². The molecule has 8 heteroatoms. The van der Waals surface area contributed by atoms with Crippen LogP contribution in [-0.2, 0) is 10.2 Å². The van der Waals surface area contributed by atoms with E-state index in [1.54, 1.807) is 6.20 Å². The summed E-state index contributed by atoms with van der Waals surface area (Å²) in [6, 6.07) is 4.22. The maximum Gasteiger partial charge on any atom is 0.274 e. The summed E-state index contributed by atoms with van der Waals surface area (Å²) in [5.74, 6) is 0.457. The van der Waals surface area contributed by atoms with Gasteiger partial charge in [0.15, 0.2) is 0 Å². The first-order valence-electron chi connectivity index (χ1n) is 7.58. The molecule has 0 aliphatic carbocycles. The summed E-state index contributed by atoms with van der Waals surface area (Å²) in [4.78, 5) is 2.26. The summed E-state index contributed by atoms with van der Waals surface area (Å²) in [5, 5.41) is 14.4. The Morgan fingerprint density at radius 1 is 1.30 bits per heavy atom. The van der Waals surface area contributed by atoms with Crippen LogP contribution in [0.15, 0.2) is 18.3 Å². The monoisotopic (exact) mass is 335 g/mol. The van der Waals surface area contributed by atoms with Crippen molar-refractivity contribution in [3.05, 3.63) is 29.5 Å². The van der Waals surface area contributed by atoms with Crippen molar-refractivity contribution in [3.8, 4) is 0 Å². The van der Waals surface area contributed by atoms with E-state index in [1.165, 1.54) is 11.1 Å². The number of hydrogen-bond acceptors (Lipinski definition) is 5. The SMILES string of the molecule is Cc1cc2nncc(N3CC(CCNS(N)(=O)=O)C3)c2cc1C. The van der Waals surface area contributed by atoms with Gasteiger partial charge in [0.2, 0.25) is 0 Å². The average Bonchev–Trinajstić information content (AvgIpc) is 2.41. The number of anilines is 1. The summed E-state index contributed by atoms with van der Waals surface area (Å²) in [7, 11) is -3.59. The molecule has 2 aromatic rings. The largest absolute Gasteiger partial charge is 0.369 e. The van der Waals surface area contributed by atoms with Crippen molar-refractivity contribution < 1.29 is 8.42 Å². The van der Waals surface area contributed by atoms with Crippen molar-refractivity contribution >= 4 is 26.8 Å². The van der Waals surface area contributed by atoms with E-state index < -0.39 is 10.2 Å². The zero-order valence-electron chi connectivity index (χ0n) is 13.3. The lowest BCUT2D eigenvalue weighted by Crippen LogP contribution is -2.48. The number of aromatic nitrogens is 2. The van der Waals surface area contributed by atoms with Gasteiger partial charge < -0.3 is 4.90 Å². The molecule has 1 fully saturated rings. The Kier molecular flexibility index (Phi) is 4.22. The van der Waals surface area contributed by atoms with Gasteiger partial charge in [0.1, 0.15) is 0 Å². The molecule has 1 aromatic carbocycles. The molecule has 0 unspecified atom stereocenters. The number of nitrogens with zero attached hydrogens (tertiary/aromatic N) is 3. The predicted octanol–water partition coefficient (Wildman–Crippen LogP) is 0.866. The molecule has 0 spiro atoms. The highest BCUT2D eigenvalue weighted by Gasteiger charge is 2.28. The maximum atomic E-state index is 10.9. The highest BCUT2D eigenvalue weighted by molar-refractivity contribution is 7.87. The van der Waals surface area contributed by atoms with Crippen LogP contribution in [0.25, 0.3) is 10.9 Å². The molecular formula is C15H21N5O2S. The molecule has 1 saturated heterocycles. The van der Waals surface area contributed by atoms with Crippen molar-refractivity contribution in [2.75, 3.05) is 24.5 Å². The minimum Gasteiger partial charge on any atom is -0.369 e. The Hall–Kier alpha value is -1.77. The van der Waals surface area contributed by atoms with E-state index >= 15 is 0 Å². The number of nitrogens with one attached hydrogen (secondary N) is 1. The highest BCUT2D eigenvalue weighted by Crippen LogP contribution is 2.32. The molecule has 1 aliphatic heterocycles. The molecule has 0 amide bonds. The number of fused-ring (bicyclic) bond motifs is 1. The zero-order chi connectivity index (χ0) is 16.6. The van der Waals surface area contributed by atoms with Crippen molar-refractivity contribution in [1.29, 1.82) is 0 Å². The summed E-state index contributed by atoms with van der Waals surface area (Å²) >= 11 is 0. The fourth-order valence-corrected chi connectivity index (χ4v) is 3.31. The topological polar surface area (TPSA) is 101 Å². The zero-order valence-corrected chi connectivity index (χ0v) is 14.1.